The second kappa shape index (κ2) is 10.3. The second-order valence-corrected chi connectivity index (χ2v) is 8.63. The average molecular weight is 474 g/mol. The van der Waals surface area contributed by atoms with Gasteiger partial charge in [0.1, 0.15) is 18.4 Å². The number of anilines is 1. The molecule has 1 N–H and O–H groups in total. The van der Waals surface area contributed by atoms with Gasteiger partial charge in [-0.3, -0.25) is 24.2 Å². The minimum absolute atomic E-state index is 0.0228. The summed E-state index contributed by atoms with van der Waals surface area (Å²) in [6, 6.07) is 13.6. The van der Waals surface area contributed by atoms with E-state index in [1.165, 1.54) is 13.0 Å². The summed E-state index contributed by atoms with van der Waals surface area (Å²) in [7, 11) is -3.75. The SMILES string of the molecule is CCOC(=O)CN(C(=O)COC(=O)[C@H](C)N=C1NS(=O)(=O)c2ccccc21)c1ccccc1. The summed E-state index contributed by atoms with van der Waals surface area (Å²) in [5.74, 6) is -2.04. The van der Waals surface area contributed by atoms with Crippen LogP contribution >= 0.6 is 0 Å². The van der Waals surface area contributed by atoms with Crippen molar-refractivity contribution >= 4 is 39.4 Å². The van der Waals surface area contributed by atoms with Gasteiger partial charge in [0.15, 0.2) is 6.61 Å². The number of amides is 1. The molecule has 0 bridgehead atoms. The van der Waals surface area contributed by atoms with Crippen molar-refractivity contribution in [2.24, 2.45) is 4.99 Å². The minimum Gasteiger partial charge on any atom is -0.465 e. The third-order valence-corrected chi connectivity index (χ3v) is 6.02. The molecule has 0 saturated carbocycles. The lowest BCUT2D eigenvalue weighted by atomic mass is 10.2. The molecule has 1 atom stereocenters. The van der Waals surface area contributed by atoms with E-state index < -0.39 is 40.5 Å². The van der Waals surface area contributed by atoms with Gasteiger partial charge in [-0.15, -0.1) is 0 Å². The fraction of sp³-hybridized carbons (Fsp3) is 0.273. The maximum absolute atomic E-state index is 12.7. The first-order chi connectivity index (χ1) is 15.7. The standard InChI is InChI=1S/C22H23N3O7S/c1-3-31-20(27)13-25(16-9-5-4-6-10-16)19(26)14-32-22(28)15(2)23-21-17-11-7-8-12-18(17)33(29,30)24-21/h4-12,15H,3,13-14H2,1-2H3,(H,23,24)/t15-/m0/s1. The van der Waals surface area contributed by atoms with Gasteiger partial charge in [0.05, 0.1) is 11.5 Å². The van der Waals surface area contributed by atoms with Crippen molar-refractivity contribution in [2.45, 2.75) is 24.8 Å². The number of aliphatic imine (C=N–C) groups is 1. The first-order valence-electron chi connectivity index (χ1n) is 10.1. The normalized spacial score (nSPS) is 15.8. The molecule has 0 saturated heterocycles. The van der Waals surface area contributed by atoms with Gasteiger partial charge in [-0.1, -0.05) is 30.3 Å². The Balaban J connectivity index is 1.68. The molecule has 0 radical (unpaired) electrons. The van der Waals surface area contributed by atoms with Crippen LogP contribution in [0.1, 0.15) is 19.4 Å². The number of esters is 2. The number of rotatable bonds is 8. The van der Waals surface area contributed by atoms with Crippen LogP contribution in [0.2, 0.25) is 0 Å². The van der Waals surface area contributed by atoms with Gasteiger partial charge in [0.25, 0.3) is 15.9 Å². The van der Waals surface area contributed by atoms with Crippen LogP contribution in [0.15, 0.2) is 64.5 Å². The summed E-state index contributed by atoms with van der Waals surface area (Å²) in [5.41, 5.74) is 0.787. The van der Waals surface area contributed by atoms with Crippen LogP contribution in [0, 0.1) is 0 Å². The van der Waals surface area contributed by atoms with Gasteiger partial charge in [-0.2, -0.15) is 0 Å². The molecule has 0 fully saturated rings. The lowest BCUT2D eigenvalue weighted by Crippen LogP contribution is -2.40. The highest BCUT2D eigenvalue weighted by Crippen LogP contribution is 2.22. The first kappa shape index (κ1) is 23.9. The van der Waals surface area contributed by atoms with Crippen LogP contribution in [0.4, 0.5) is 5.69 Å². The smallest absolute Gasteiger partial charge is 0.331 e. The number of sulfonamides is 1. The van der Waals surface area contributed by atoms with E-state index in [9.17, 15) is 22.8 Å². The van der Waals surface area contributed by atoms with Crippen LogP contribution < -0.4 is 9.62 Å². The van der Waals surface area contributed by atoms with Crippen molar-refractivity contribution in [1.29, 1.82) is 0 Å². The van der Waals surface area contributed by atoms with E-state index >= 15 is 0 Å². The largest absolute Gasteiger partial charge is 0.465 e. The molecule has 1 aliphatic rings. The summed E-state index contributed by atoms with van der Waals surface area (Å²) in [5, 5.41) is 0. The van der Waals surface area contributed by atoms with Crippen molar-refractivity contribution < 1.29 is 32.3 Å². The Labute approximate surface area is 191 Å². The molecule has 0 spiro atoms. The molecule has 11 heteroatoms. The molecule has 0 unspecified atom stereocenters. The summed E-state index contributed by atoms with van der Waals surface area (Å²) in [4.78, 5) is 42.4. The van der Waals surface area contributed by atoms with E-state index in [0.717, 1.165) is 4.90 Å². The molecule has 10 nitrogen and oxygen atoms in total. The van der Waals surface area contributed by atoms with E-state index in [1.807, 2.05) is 0 Å². The summed E-state index contributed by atoms with van der Waals surface area (Å²) in [6.45, 7) is 2.26. The van der Waals surface area contributed by atoms with Gasteiger partial charge in [-0.05, 0) is 38.1 Å². The number of para-hydroxylation sites is 1. The van der Waals surface area contributed by atoms with Crippen LogP contribution in [0.5, 0.6) is 0 Å². The third-order valence-electron chi connectivity index (χ3n) is 4.63. The van der Waals surface area contributed by atoms with E-state index in [-0.39, 0.29) is 23.9 Å². The summed E-state index contributed by atoms with van der Waals surface area (Å²) < 4.78 is 36.7. The number of nitrogens with zero attached hydrogens (tertiary/aromatic N) is 2. The highest BCUT2D eigenvalue weighted by molar-refractivity contribution is 7.90. The highest BCUT2D eigenvalue weighted by atomic mass is 32.2. The number of hydrogen-bond acceptors (Lipinski definition) is 8. The van der Waals surface area contributed by atoms with E-state index in [0.29, 0.717) is 11.3 Å². The highest BCUT2D eigenvalue weighted by Gasteiger charge is 2.31. The molecule has 0 aromatic heterocycles. The fourth-order valence-electron chi connectivity index (χ4n) is 3.07. The van der Waals surface area contributed by atoms with Crippen molar-refractivity contribution in [3.63, 3.8) is 0 Å². The molecule has 0 aliphatic carbocycles. The predicted octanol–water partition coefficient (Wildman–Crippen LogP) is 1.25. The summed E-state index contributed by atoms with van der Waals surface area (Å²) >= 11 is 0. The zero-order valence-electron chi connectivity index (χ0n) is 18.1. The molecular formula is C22H23N3O7S. The molecule has 3 rings (SSSR count). The maximum Gasteiger partial charge on any atom is 0.331 e. The number of nitrogens with one attached hydrogen (secondary N) is 1. The number of hydrogen-bond donors (Lipinski definition) is 1. The van der Waals surface area contributed by atoms with Crippen molar-refractivity contribution in [3.05, 3.63) is 60.2 Å². The fourth-order valence-corrected chi connectivity index (χ4v) is 4.31. The summed E-state index contributed by atoms with van der Waals surface area (Å²) in [6.07, 6.45) is 0. The number of carbonyl (C=O) groups excluding carboxylic acids is 3. The van der Waals surface area contributed by atoms with Gasteiger partial charge < -0.3 is 9.47 Å². The van der Waals surface area contributed by atoms with Crippen molar-refractivity contribution in [2.75, 3.05) is 24.7 Å². The molecular weight excluding hydrogens is 450 g/mol. The second-order valence-electron chi connectivity index (χ2n) is 6.98. The number of carbonyl (C=O) groups is 3. The van der Waals surface area contributed by atoms with Crippen molar-refractivity contribution in [1.82, 2.24) is 4.72 Å². The van der Waals surface area contributed by atoms with E-state index in [4.69, 9.17) is 9.47 Å². The molecule has 1 amide bonds. The monoisotopic (exact) mass is 473 g/mol. The number of ether oxygens (including phenoxy) is 2. The first-order valence-corrected chi connectivity index (χ1v) is 11.6. The predicted molar refractivity (Wildman–Crippen MR) is 119 cm³/mol. The lowest BCUT2D eigenvalue weighted by Gasteiger charge is -2.22. The van der Waals surface area contributed by atoms with Gasteiger partial charge in [0.2, 0.25) is 0 Å². The van der Waals surface area contributed by atoms with Gasteiger partial charge >= 0.3 is 11.9 Å². The number of amidine groups is 1. The Hall–Kier alpha value is -3.73. The lowest BCUT2D eigenvalue weighted by molar-refractivity contribution is -0.149. The Morgan fingerprint density at radius 2 is 1.70 bits per heavy atom. The molecule has 2 aromatic rings. The maximum atomic E-state index is 12.7. The zero-order chi connectivity index (χ0) is 24.0. The Morgan fingerprint density at radius 1 is 1.03 bits per heavy atom. The Morgan fingerprint density at radius 3 is 2.39 bits per heavy atom. The average Bonchev–Trinajstić information content (AvgIpc) is 3.06. The number of fused-ring (bicyclic) bond motifs is 1. The Bertz CT molecular complexity index is 1180. The molecule has 33 heavy (non-hydrogen) atoms. The quantitative estimate of drug-likeness (QED) is 0.571. The van der Waals surface area contributed by atoms with Crippen LogP contribution in [0.25, 0.3) is 0 Å². The molecule has 1 heterocycles. The van der Waals surface area contributed by atoms with E-state index in [1.54, 1.807) is 55.5 Å². The van der Waals surface area contributed by atoms with E-state index in [2.05, 4.69) is 9.71 Å². The van der Waals surface area contributed by atoms with Gasteiger partial charge in [-0.25, -0.2) is 13.2 Å². The molecule has 1 aliphatic heterocycles. The Kier molecular flexibility index (Phi) is 7.44. The van der Waals surface area contributed by atoms with Gasteiger partial charge in [0, 0.05) is 11.3 Å². The van der Waals surface area contributed by atoms with Crippen molar-refractivity contribution in [3.8, 4) is 0 Å². The zero-order valence-corrected chi connectivity index (χ0v) is 18.9. The topological polar surface area (TPSA) is 131 Å². The molecule has 174 valence electrons. The van der Waals surface area contributed by atoms with Crippen LogP contribution in [-0.2, 0) is 33.9 Å². The van der Waals surface area contributed by atoms with Crippen LogP contribution in [0.3, 0.4) is 0 Å². The third kappa shape index (κ3) is 5.75. The number of benzene rings is 2. The molecule has 2 aromatic carbocycles. The van der Waals surface area contributed by atoms with Crippen LogP contribution in [-0.4, -0.2) is 57.9 Å². The minimum atomic E-state index is -3.75.